The number of hydrogen-bond donors (Lipinski definition) is 1. The topological polar surface area (TPSA) is 91.9 Å². The summed E-state index contributed by atoms with van der Waals surface area (Å²) in [6, 6.07) is 6.26. The molecule has 4 heterocycles. The molecule has 0 aliphatic carbocycles. The van der Waals surface area contributed by atoms with Gasteiger partial charge < -0.3 is 19.9 Å². The second kappa shape index (κ2) is 5.42. The van der Waals surface area contributed by atoms with E-state index < -0.39 is 5.54 Å². The highest BCUT2D eigenvalue weighted by Crippen LogP contribution is 2.48. The standard InChI is InChI=1S/C18H18N4O3/c19-17-22-18(9-24-17)13-6-11(12-7-20-10-21-8-12)3-4-14(13)25-15-2-1-5-23-16(15)18/h3-4,6-8,10,15-16H,1-2,5,9H2,(H2,19,22)/t15-,16-,18?/m0/s1. The minimum Gasteiger partial charge on any atom is -0.487 e. The molecule has 7 nitrogen and oxygen atoms in total. The molecule has 1 aromatic carbocycles. The molecule has 1 fully saturated rings. The molecule has 0 amide bonds. The second-order valence-electron chi connectivity index (χ2n) is 6.59. The Kier molecular flexibility index (Phi) is 3.18. The second-order valence-corrected chi connectivity index (χ2v) is 6.59. The highest BCUT2D eigenvalue weighted by molar-refractivity contribution is 5.75. The lowest BCUT2D eigenvalue weighted by molar-refractivity contribution is -0.117. The zero-order valence-corrected chi connectivity index (χ0v) is 13.6. The first-order chi connectivity index (χ1) is 12.3. The van der Waals surface area contributed by atoms with E-state index in [-0.39, 0.29) is 18.2 Å². The van der Waals surface area contributed by atoms with Gasteiger partial charge in [-0.1, -0.05) is 6.07 Å². The molecule has 0 saturated carbocycles. The Morgan fingerprint density at radius 1 is 1.16 bits per heavy atom. The van der Waals surface area contributed by atoms with E-state index in [9.17, 15) is 0 Å². The van der Waals surface area contributed by atoms with Crippen molar-refractivity contribution in [3.8, 4) is 16.9 Å². The maximum Gasteiger partial charge on any atom is 0.283 e. The van der Waals surface area contributed by atoms with Crippen molar-refractivity contribution in [1.82, 2.24) is 9.97 Å². The van der Waals surface area contributed by atoms with Gasteiger partial charge in [0.2, 0.25) is 0 Å². The van der Waals surface area contributed by atoms with Crippen LogP contribution in [0.4, 0.5) is 0 Å². The van der Waals surface area contributed by atoms with E-state index in [4.69, 9.17) is 19.9 Å². The molecule has 2 N–H and O–H groups in total. The number of hydrogen-bond acceptors (Lipinski definition) is 7. The Hall–Kier alpha value is -2.67. The van der Waals surface area contributed by atoms with Crippen LogP contribution in [-0.4, -0.2) is 41.4 Å². The monoisotopic (exact) mass is 338 g/mol. The molecule has 3 atom stereocenters. The summed E-state index contributed by atoms with van der Waals surface area (Å²) in [5, 5.41) is 0. The Bertz CT molecular complexity index is 841. The van der Waals surface area contributed by atoms with Crippen LogP contribution in [0.5, 0.6) is 5.75 Å². The molecule has 1 aromatic heterocycles. The lowest BCUT2D eigenvalue weighted by Crippen LogP contribution is -2.55. The zero-order valence-electron chi connectivity index (χ0n) is 13.6. The molecule has 0 radical (unpaired) electrons. The summed E-state index contributed by atoms with van der Waals surface area (Å²) in [7, 11) is 0. The Balaban J connectivity index is 1.68. The van der Waals surface area contributed by atoms with E-state index in [0.29, 0.717) is 13.2 Å². The molecule has 1 saturated heterocycles. The van der Waals surface area contributed by atoms with Crippen molar-refractivity contribution in [2.45, 2.75) is 30.6 Å². The fourth-order valence-corrected chi connectivity index (χ4v) is 3.96. The van der Waals surface area contributed by atoms with Crippen LogP contribution in [0.2, 0.25) is 0 Å². The predicted octanol–water partition coefficient (Wildman–Crippen LogP) is 1.62. The lowest BCUT2D eigenvalue weighted by Gasteiger charge is -2.45. The molecule has 0 bridgehead atoms. The van der Waals surface area contributed by atoms with Crippen molar-refractivity contribution in [2.24, 2.45) is 10.7 Å². The average Bonchev–Trinajstić information content (AvgIpc) is 3.05. The van der Waals surface area contributed by atoms with Gasteiger partial charge in [0.1, 0.15) is 30.9 Å². The zero-order chi connectivity index (χ0) is 16.9. The van der Waals surface area contributed by atoms with Gasteiger partial charge in [0.25, 0.3) is 6.02 Å². The number of aliphatic imine (C=N–C) groups is 1. The van der Waals surface area contributed by atoms with Crippen molar-refractivity contribution in [2.75, 3.05) is 13.2 Å². The summed E-state index contributed by atoms with van der Waals surface area (Å²) >= 11 is 0. The number of ether oxygens (including phenoxy) is 3. The molecule has 5 rings (SSSR count). The summed E-state index contributed by atoms with van der Waals surface area (Å²) in [6.45, 7) is 1.06. The van der Waals surface area contributed by atoms with Gasteiger partial charge in [0, 0.05) is 30.1 Å². The number of fused-ring (bicyclic) bond motifs is 4. The van der Waals surface area contributed by atoms with Crippen LogP contribution >= 0.6 is 0 Å². The van der Waals surface area contributed by atoms with Crippen LogP contribution in [0.25, 0.3) is 11.1 Å². The summed E-state index contributed by atoms with van der Waals surface area (Å²) < 4.78 is 17.9. The average molecular weight is 338 g/mol. The third-order valence-corrected chi connectivity index (χ3v) is 5.11. The Morgan fingerprint density at radius 2 is 2.04 bits per heavy atom. The Labute approximate surface area is 144 Å². The summed E-state index contributed by atoms with van der Waals surface area (Å²) in [5.74, 6) is 0.814. The molecular formula is C18H18N4O3. The van der Waals surface area contributed by atoms with Gasteiger partial charge >= 0.3 is 0 Å². The van der Waals surface area contributed by atoms with E-state index in [1.54, 1.807) is 12.4 Å². The maximum atomic E-state index is 6.23. The minimum atomic E-state index is -0.658. The van der Waals surface area contributed by atoms with Gasteiger partial charge in [-0.15, -0.1) is 0 Å². The number of amidine groups is 1. The molecule has 3 aliphatic heterocycles. The summed E-state index contributed by atoms with van der Waals surface area (Å²) in [5.41, 5.74) is 8.09. The molecular weight excluding hydrogens is 320 g/mol. The van der Waals surface area contributed by atoms with Crippen molar-refractivity contribution in [3.05, 3.63) is 42.5 Å². The van der Waals surface area contributed by atoms with Crippen molar-refractivity contribution >= 4 is 6.02 Å². The smallest absolute Gasteiger partial charge is 0.283 e. The van der Waals surface area contributed by atoms with Gasteiger partial charge in [-0.3, -0.25) is 0 Å². The largest absolute Gasteiger partial charge is 0.487 e. The third-order valence-electron chi connectivity index (χ3n) is 5.11. The van der Waals surface area contributed by atoms with Crippen molar-refractivity contribution < 1.29 is 14.2 Å². The molecule has 128 valence electrons. The van der Waals surface area contributed by atoms with E-state index in [2.05, 4.69) is 21.0 Å². The molecule has 1 unspecified atom stereocenters. The molecule has 7 heteroatoms. The van der Waals surface area contributed by atoms with Crippen LogP contribution < -0.4 is 10.5 Å². The van der Waals surface area contributed by atoms with Crippen LogP contribution in [0.1, 0.15) is 18.4 Å². The number of aromatic nitrogens is 2. The van der Waals surface area contributed by atoms with Crippen LogP contribution in [-0.2, 0) is 15.0 Å². The van der Waals surface area contributed by atoms with Gasteiger partial charge in [0.15, 0.2) is 5.54 Å². The predicted molar refractivity (Wildman–Crippen MR) is 90.1 cm³/mol. The maximum absolute atomic E-state index is 6.23. The highest BCUT2D eigenvalue weighted by Gasteiger charge is 2.55. The van der Waals surface area contributed by atoms with E-state index in [0.717, 1.165) is 35.3 Å². The van der Waals surface area contributed by atoms with Crippen molar-refractivity contribution in [1.29, 1.82) is 0 Å². The van der Waals surface area contributed by atoms with Crippen LogP contribution in [0, 0.1) is 0 Å². The number of benzene rings is 1. The Morgan fingerprint density at radius 3 is 2.84 bits per heavy atom. The SMILES string of the molecule is NC1=NC2(CO1)c1cc(-c3cncnc3)ccc1O[C@H]1CCCO[C@@H]12. The molecule has 2 aromatic rings. The summed E-state index contributed by atoms with van der Waals surface area (Å²) in [6.07, 6.45) is 6.77. The first-order valence-corrected chi connectivity index (χ1v) is 8.42. The summed E-state index contributed by atoms with van der Waals surface area (Å²) in [4.78, 5) is 12.9. The van der Waals surface area contributed by atoms with E-state index in [1.165, 1.54) is 6.33 Å². The van der Waals surface area contributed by atoms with Gasteiger partial charge in [-0.2, -0.15) is 0 Å². The van der Waals surface area contributed by atoms with Gasteiger partial charge in [-0.25, -0.2) is 15.0 Å². The first-order valence-electron chi connectivity index (χ1n) is 8.42. The molecule has 1 spiro atoms. The number of nitrogens with zero attached hydrogens (tertiary/aromatic N) is 3. The number of rotatable bonds is 1. The van der Waals surface area contributed by atoms with Gasteiger partial charge in [0.05, 0.1) is 0 Å². The van der Waals surface area contributed by atoms with Crippen LogP contribution in [0.15, 0.2) is 41.9 Å². The van der Waals surface area contributed by atoms with Gasteiger partial charge in [-0.05, 0) is 30.5 Å². The quantitative estimate of drug-likeness (QED) is 0.849. The van der Waals surface area contributed by atoms with Crippen molar-refractivity contribution in [3.63, 3.8) is 0 Å². The highest BCUT2D eigenvalue weighted by atomic mass is 16.6. The molecule has 25 heavy (non-hydrogen) atoms. The molecule has 3 aliphatic rings. The van der Waals surface area contributed by atoms with E-state index in [1.807, 2.05) is 12.1 Å². The lowest BCUT2D eigenvalue weighted by atomic mass is 9.78. The van der Waals surface area contributed by atoms with Crippen LogP contribution in [0.3, 0.4) is 0 Å². The normalized spacial score (nSPS) is 30.0. The first kappa shape index (κ1) is 14.7. The number of nitrogens with two attached hydrogens (primary N) is 1. The minimum absolute atomic E-state index is 0.0367. The third kappa shape index (κ3) is 2.19. The fourth-order valence-electron chi connectivity index (χ4n) is 3.96. The van der Waals surface area contributed by atoms with E-state index >= 15 is 0 Å². The fraction of sp³-hybridized carbons (Fsp3) is 0.389.